The predicted octanol–water partition coefficient (Wildman–Crippen LogP) is 1.17. The predicted molar refractivity (Wildman–Crippen MR) is 79.6 cm³/mol. The molecule has 4 nitrogen and oxygen atoms in total. The standard InChI is InChI=1S/C12H26N2O2S2/c1-9(13)11(12(2,3)4)14-6-7-17-8-10(14)18(5,15)16/h9-11H,6-8,13H2,1-5H3. The summed E-state index contributed by atoms with van der Waals surface area (Å²) in [6.45, 7) is 9.15. The van der Waals surface area contributed by atoms with E-state index in [1.807, 2.05) is 6.92 Å². The molecule has 1 saturated heterocycles. The van der Waals surface area contributed by atoms with Gasteiger partial charge in [-0.2, -0.15) is 11.8 Å². The van der Waals surface area contributed by atoms with Gasteiger partial charge in [-0.3, -0.25) is 4.90 Å². The molecule has 18 heavy (non-hydrogen) atoms. The van der Waals surface area contributed by atoms with E-state index in [9.17, 15) is 8.42 Å². The van der Waals surface area contributed by atoms with E-state index in [1.54, 1.807) is 11.8 Å². The fourth-order valence-electron chi connectivity index (χ4n) is 2.87. The first-order valence-corrected chi connectivity index (χ1v) is 9.44. The van der Waals surface area contributed by atoms with Gasteiger partial charge in [-0.05, 0) is 12.3 Å². The zero-order chi connectivity index (χ0) is 14.1. The Morgan fingerprint density at radius 3 is 2.33 bits per heavy atom. The lowest BCUT2D eigenvalue weighted by Crippen LogP contribution is -2.61. The quantitative estimate of drug-likeness (QED) is 0.846. The first-order chi connectivity index (χ1) is 8.05. The number of nitrogens with two attached hydrogens (primary N) is 1. The highest BCUT2D eigenvalue weighted by atomic mass is 32.2. The maximum atomic E-state index is 12.0. The summed E-state index contributed by atoms with van der Waals surface area (Å²) in [7, 11) is -3.06. The number of hydrogen-bond acceptors (Lipinski definition) is 5. The molecule has 108 valence electrons. The van der Waals surface area contributed by atoms with Crippen molar-refractivity contribution in [2.24, 2.45) is 11.1 Å². The summed E-state index contributed by atoms with van der Waals surface area (Å²) in [6, 6.07) is 0.0375. The fraction of sp³-hybridized carbons (Fsp3) is 1.00. The van der Waals surface area contributed by atoms with Crippen LogP contribution in [-0.2, 0) is 9.84 Å². The lowest BCUT2D eigenvalue weighted by atomic mass is 9.81. The lowest BCUT2D eigenvalue weighted by molar-refractivity contribution is 0.0786. The molecule has 0 aromatic heterocycles. The van der Waals surface area contributed by atoms with Crippen molar-refractivity contribution in [3.63, 3.8) is 0 Å². The zero-order valence-electron chi connectivity index (χ0n) is 12.0. The SMILES string of the molecule is CC(N)C(N1CCSCC1S(C)(=O)=O)C(C)(C)C. The van der Waals surface area contributed by atoms with E-state index in [0.29, 0.717) is 5.75 Å². The number of sulfone groups is 1. The van der Waals surface area contributed by atoms with Gasteiger partial charge in [-0.15, -0.1) is 0 Å². The van der Waals surface area contributed by atoms with Crippen molar-refractivity contribution < 1.29 is 8.42 Å². The van der Waals surface area contributed by atoms with E-state index < -0.39 is 15.2 Å². The highest BCUT2D eigenvalue weighted by Gasteiger charge is 2.41. The molecule has 0 aliphatic carbocycles. The van der Waals surface area contributed by atoms with Gasteiger partial charge in [0.15, 0.2) is 9.84 Å². The molecule has 2 N–H and O–H groups in total. The van der Waals surface area contributed by atoms with Gasteiger partial charge < -0.3 is 5.73 Å². The number of nitrogens with zero attached hydrogens (tertiary/aromatic N) is 1. The molecule has 6 heteroatoms. The maximum absolute atomic E-state index is 12.0. The van der Waals surface area contributed by atoms with E-state index in [4.69, 9.17) is 5.73 Å². The molecule has 1 heterocycles. The third kappa shape index (κ3) is 3.85. The largest absolute Gasteiger partial charge is 0.327 e. The fourth-order valence-corrected chi connectivity index (χ4v) is 5.78. The van der Waals surface area contributed by atoms with Crippen LogP contribution < -0.4 is 5.73 Å². The second-order valence-corrected chi connectivity index (χ2v) is 9.62. The molecule has 1 fully saturated rings. The Bertz CT molecular complexity index is 374. The van der Waals surface area contributed by atoms with Gasteiger partial charge in [0.25, 0.3) is 0 Å². The van der Waals surface area contributed by atoms with Crippen molar-refractivity contribution in [3.05, 3.63) is 0 Å². The van der Waals surface area contributed by atoms with Gasteiger partial charge in [-0.25, -0.2) is 8.42 Å². The Kier molecular flexibility index (Phi) is 5.14. The Morgan fingerprint density at radius 2 is 1.94 bits per heavy atom. The zero-order valence-corrected chi connectivity index (χ0v) is 13.6. The van der Waals surface area contributed by atoms with Crippen LogP contribution in [0.2, 0.25) is 0 Å². The van der Waals surface area contributed by atoms with Crippen molar-refractivity contribution in [2.75, 3.05) is 24.3 Å². The molecule has 0 aromatic rings. The van der Waals surface area contributed by atoms with Crippen LogP contribution in [0.15, 0.2) is 0 Å². The second-order valence-electron chi connectivity index (χ2n) is 6.27. The average Bonchev–Trinajstić information content (AvgIpc) is 2.13. The van der Waals surface area contributed by atoms with Gasteiger partial charge in [0, 0.05) is 36.4 Å². The first-order valence-electron chi connectivity index (χ1n) is 6.33. The highest BCUT2D eigenvalue weighted by molar-refractivity contribution is 8.00. The molecule has 0 spiro atoms. The van der Waals surface area contributed by atoms with Gasteiger partial charge in [0.1, 0.15) is 5.37 Å². The van der Waals surface area contributed by atoms with Crippen LogP contribution in [-0.4, -0.2) is 55.1 Å². The molecular formula is C12H26N2O2S2. The summed E-state index contributed by atoms with van der Waals surface area (Å²) in [5.41, 5.74) is 6.09. The normalized spacial score (nSPS) is 26.9. The first kappa shape index (κ1) is 16.3. The van der Waals surface area contributed by atoms with Crippen molar-refractivity contribution >= 4 is 21.6 Å². The van der Waals surface area contributed by atoms with Crippen LogP contribution in [0.5, 0.6) is 0 Å². The summed E-state index contributed by atoms with van der Waals surface area (Å²) >= 11 is 1.71. The molecule has 1 aliphatic rings. The summed E-state index contributed by atoms with van der Waals surface area (Å²) < 4.78 is 23.9. The minimum absolute atomic E-state index is 0.0287. The summed E-state index contributed by atoms with van der Waals surface area (Å²) in [5, 5.41) is -0.397. The van der Waals surface area contributed by atoms with Crippen LogP contribution in [0.4, 0.5) is 0 Å². The lowest BCUT2D eigenvalue weighted by Gasteiger charge is -2.47. The molecule has 0 amide bonds. The van der Waals surface area contributed by atoms with E-state index in [2.05, 4.69) is 25.7 Å². The molecule has 0 bridgehead atoms. The van der Waals surface area contributed by atoms with E-state index in [-0.39, 0.29) is 17.5 Å². The molecular weight excluding hydrogens is 268 g/mol. The Morgan fingerprint density at radius 1 is 1.39 bits per heavy atom. The van der Waals surface area contributed by atoms with Crippen molar-refractivity contribution in [1.82, 2.24) is 4.90 Å². The Hall–Kier alpha value is 0.220. The number of thioether (sulfide) groups is 1. The Labute approximate surface area is 116 Å². The molecule has 1 rings (SSSR count). The molecule has 1 aliphatic heterocycles. The number of hydrogen-bond donors (Lipinski definition) is 1. The smallest absolute Gasteiger partial charge is 0.164 e. The minimum atomic E-state index is -3.06. The highest BCUT2D eigenvalue weighted by Crippen LogP contribution is 2.32. The van der Waals surface area contributed by atoms with Crippen molar-refractivity contribution in [2.45, 2.75) is 45.2 Å². The van der Waals surface area contributed by atoms with Crippen LogP contribution in [0.25, 0.3) is 0 Å². The van der Waals surface area contributed by atoms with Crippen LogP contribution in [0.3, 0.4) is 0 Å². The molecule has 0 radical (unpaired) electrons. The van der Waals surface area contributed by atoms with E-state index in [0.717, 1.165) is 12.3 Å². The molecule has 3 atom stereocenters. The third-order valence-electron chi connectivity index (χ3n) is 3.36. The molecule has 3 unspecified atom stereocenters. The average molecular weight is 294 g/mol. The van der Waals surface area contributed by atoms with E-state index >= 15 is 0 Å². The minimum Gasteiger partial charge on any atom is -0.327 e. The van der Waals surface area contributed by atoms with Gasteiger partial charge in [-0.1, -0.05) is 20.8 Å². The van der Waals surface area contributed by atoms with Crippen LogP contribution in [0.1, 0.15) is 27.7 Å². The monoisotopic (exact) mass is 294 g/mol. The maximum Gasteiger partial charge on any atom is 0.164 e. The van der Waals surface area contributed by atoms with E-state index in [1.165, 1.54) is 6.26 Å². The number of rotatable bonds is 3. The summed E-state index contributed by atoms with van der Waals surface area (Å²) in [4.78, 5) is 2.11. The Balaban J connectivity index is 3.08. The summed E-state index contributed by atoms with van der Waals surface area (Å²) in [5.74, 6) is 1.63. The van der Waals surface area contributed by atoms with Crippen molar-refractivity contribution in [1.29, 1.82) is 0 Å². The van der Waals surface area contributed by atoms with Gasteiger partial charge in [0.2, 0.25) is 0 Å². The summed E-state index contributed by atoms with van der Waals surface area (Å²) in [6.07, 6.45) is 1.33. The van der Waals surface area contributed by atoms with Gasteiger partial charge >= 0.3 is 0 Å². The van der Waals surface area contributed by atoms with Crippen LogP contribution >= 0.6 is 11.8 Å². The van der Waals surface area contributed by atoms with Crippen LogP contribution in [0, 0.1) is 5.41 Å². The van der Waals surface area contributed by atoms with Crippen molar-refractivity contribution in [3.8, 4) is 0 Å². The third-order valence-corrected chi connectivity index (χ3v) is 6.02. The molecule has 0 saturated carbocycles. The second kappa shape index (κ2) is 5.69. The molecule has 0 aromatic carbocycles. The van der Waals surface area contributed by atoms with Gasteiger partial charge in [0.05, 0.1) is 0 Å². The topological polar surface area (TPSA) is 63.4 Å².